The summed E-state index contributed by atoms with van der Waals surface area (Å²) in [6, 6.07) is 5.75. The molecule has 4 nitrogen and oxygen atoms in total. The summed E-state index contributed by atoms with van der Waals surface area (Å²) in [5, 5.41) is 12.3. The first kappa shape index (κ1) is 19.0. The second kappa shape index (κ2) is 8.64. The molecule has 1 aromatic carbocycles. The average Bonchev–Trinajstić information content (AvgIpc) is 2.57. The Bertz CT molecular complexity index is 511. The van der Waals surface area contributed by atoms with Crippen LogP contribution in [0.5, 0.6) is 5.75 Å². The van der Waals surface area contributed by atoms with Crippen molar-refractivity contribution in [1.82, 2.24) is 10.2 Å². The number of hydrogen-bond acceptors (Lipinski definition) is 4. The lowest BCUT2D eigenvalue weighted by molar-refractivity contribution is -0.253. The van der Waals surface area contributed by atoms with Gasteiger partial charge in [0.1, 0.15) is 5.75 Å². The fourth-order valence-corrected chi connectivity index (χ4v) is 2.85. The van der Waals surface area contributed by atoms with Gasteiger partial charge in [0.2, 0.25) is 0 Å². The third-order valence-electron chi connectivity index (χ3n) is 4.01. The summed E-state index contributed by atoms with van der Waals surface area (Å²) in [4.78, 5) is 2.09. The smallest absolute Gasteiger partial charge is 0.428 e. The Morgan fingerprint density at radius 3 is 2.50 bits per heavy atom. The van der Waals surface area contributed by atoms with Crippen molar-refractivity contribution in [3.63, 3.8) is 0 Å². The average molecular weight is 350 g/mol. The summed E-state index contributed by atoms with van der Waals surface area (Å²) in [5.74, 6) is -0.246. The largest absolute Gasteiger partial charge is 0.461 e. The van der Waals surface area contributed by atoms with Crippen LogP contribution in [0.1, 0.15) is 24.4 Å². The molecular formula is C16H22F4N2O2. The van der Waals surface area contributed by atoms with Gasteiger partial charge in [-0.15, -0.1) is 0 Å². The highest BCUT2D eigenvalue weighted by Crippen LogP contribution is 2.36. The monoisotopic (exact) mass is 350 g/mol. The Balaban J connectivity index is 2.28. The van der Waals surface area contributed by atoms with Crippen molar-refractivity contribution >= 4 is 0 Å². The molecule has 0 bridgehead atoms. The highest BCUT2D eigenvalue weighted by atomic mass is 19.3. The minimum atomic E-state index is -4.54. The number of para-hydroxylation sites is 1. The summed E-state index contributed by atoms with van der Waals surface area (Å²) in [6.07, 6.45) is -7.44. The van der Waals surface area contributed by atoms with Gasteiger partial charge in [0.05, 0.1) is 0 Å². The van der Waals surface area contributed by atoms with Crippen LogP contribution in [0.15, 0.2) is 24.3 Å². The van der Waals surface area contributed by atoms with Crippen LogP contribution in [0.25, 0.3) is 0 Å². The van der Waals surface area contributed by atoms with E-state index in [9.17, 15) is 17.6 Å². The van der Waals surface area contributed by atoms with Gasteiger partial charge >= 0.3 is 12.5 Å². The predicted octanol–water partition coefficient (Wildman–Crippen LogP) is 2.64. The number of halogens is 4. The van der Waals surface area contributed by atoms with E-state index in [-0.39, 0.29) is 18.4 Å². The number of hydrogen-bond donors (Lipinski definition) is 2. The van der Waals surface area contributed by atoms with Gasteiger partial charge < -0.3 is 15.2 Å². The Morgan fingerprint density at radius 1 is 1.21 bits per heavy atom. The van der Waals surface area contributed by atoms with Crippen LogP contribution in [0.2, 0.25) is 0 Å². The first-order valence-electron chi connectivity index (χ1n) is 7.95. The predicted molar refractivity (Wildman–Crippen MR) is 81.5 cm³/mol. The number of alkyl halides is 4. The van der Waals surface area contributed by atoms with Gasteiger partial charge in [-0.05, 0) is 18.9 Å². The number of benzene rings is 1. The third kappa shape index (κ3) is 4.81. The first-order chi connectivity index (χ1) is 11.5. The fourth-order valence-electron chi connectivity index (χ4n) is 2.85. The van der Waals surface area contributed by atoms with E-state index in [0.717, 1.165) is 13.1 Å². The van der Waals surface area contributed by atoms with E-state index in [0.29, 0.717) is 31.5 Å². The number of nitrogens with one attached hydrogen (secondary N) is 1. The molecule has 0 spiro atoms. The minimum absolute atomic E-state index is 0.0290. The van der Waals surface area contributed by atoms with Crippen LogP contribution >= 0.6 is 0 Å². The third-order valence-corrected chi connectivity index (χ3v) is 4.01. The maximum atomic E-state index is 13.3. The van der Waals surface area contributed by atoms with Gasteiger partial charge in [0.15, 0.2) is 0 Å². The molecule has 1 saturated heterocycles. The van der Waals surface area contributed by atoms with E-state index in [4.69, 9.17) is 5.11 Å². The zero-order valence-corrected chi connectivity index (χ0v) is 13.2. The van der Waals surface area contributed by atoms with E-state index < -0.39 is 12.5 Å². The lowest BCUT2D eigenvalue weighted by Crippen LogP contribution is -2.45. The van der Waals surface area contributed by atoms with Crippen molar-refractivity contribution < 1.29 is 27.4 Å². The lowest BCUT2D eigenvalue weighted by Gasteiger charge is -2.36. The van der Waals surface area contributed by atoms with Crippen LogP contribution in [0.3, 0.4) is 0 Å². The quantitative estimate of drug-likeness (QED) is 0.708. The molecule has 1 aliphatic rings. The van der Waals surface area contributed by atoms with Crippen molar-refractivity contribution in [3.8, 4) is 5.75 Å². The second-order valence-corrected chi connectivity index (χ2v) is 5.67. The number of aliphatic hydroxyl groups excluding tert-OH is 1. The van der Waals surface area contributed by atoms with Crippen LogP contribution in [0, 0.1) is 0 Å². The minimum Gasteiger partial charge on any atom is -0.428 e. The van der Waals surface area contributed by atoms with Crippen LogP contribution in [-0.2, 0) is 0 Å². The summed E-state index contributed by atoms with van der Waals surface area (Å²) in [7, 11) is 0. The van der Waals surface area contributed by atoms with Gasteiger partial charge in [0.25, 0.3) is 0 Å². The Kier molecular flexibility index (Phi) is 6.82. The Labute approximate surface area is 138 Å². The zero-order valence-electron chi connectivity index (χ0n) is 13.2. The number of aliphatic hydroxyl groups is 1. The highest BCUT2D eigenvalue weighted by molar-refractivity contribution is 5.36. The zero-order chi connectivity index (χ0) is 17.6. The standard InChI is InChI=1S/C16H22F4N2O2/c17-15(18)16(19,20)24-14-6-2-1-4-12(14)13(5-3-11-23)22-9-7-21-8-10-22/h1-2,4,6,13,15,21,23H,3,5,7-11H2/t13-/m1/s1. The van der Waals surface area contributed by atoms with Crippen molar-refractivity contribution in [1.29, 1.82) is 0 Å². The molecule has 0 aliphatic carbocycles. The molecule has 1 heterocycles. The van der Waals surface area contributed by atoms with E-state index in [1.807, 2.05) is 0 Å². The SMILES string of the molecule is OCCC[C@H](c1ccccc1OC(F)(F)C(F)F)N1CCNCC1. The molecule has 24 heavy (non-hydrogen) atoms. The van der Waals surface area contributed by atoms with E-state index in [2.05, 4.69) is 15.0 Å². The molecule has 2 rings (SSSR count). The number of nitrogens with zero attached hydrogens (tertiary/aromatic N) is 1. The highest BCUT2D eigenvalue weighted by Gasteiger charge is 2.44. The first-order valence-corrected chi connectivity index (χ1v) is 7.95. The van der Waals surface area contributed by atoms with Crippen molar-refractivity contribution in [2.45, 2.75) is 31.4 Å². The van der Waals surface area contributed by atoms with E-state index >= 15 is 0 Å². The van der Waals surface area contributed by atoms with Crippen molar-refractivity contribution in [2.75, 3.05) is 32.8 Å². The molecule has 1 aromatic rings. The molecule has 1 aliphatic heterocycles. The molecular weight excluding hydrogens is 328 g/mol. The van der Waals surface area contributed by atoms with Crippen LogP contribution < -0.4 is 10.1 Å². The normalized spacial score (nSPS) is 17.9. The topological polar surface area (TPSA) is 44.7 Å². The Morgan fingerprint density at radius 2 is 1.88 bits per heavy atom. The molecule has 0 amide bonds. The van der Waals surface area contributed by atoms with Gasteiger partial charge in [0, 0.05) is 44.4 Å². The Hall–Kier alpha value is -1.38. The number of ether oxygens (including phenoxy) is 1. The van der Waals surface area contributed by atoms with Gasteiger partial charge in [-0.25, -0.2) is 0 Å². The van der Waals surface area contributed by atoms with E-state index in [1.54, 1.807) is 12.1 Å². The van der Waals surface area contributed by atoms with Gasteiger partial charge in [-0.2, -0.15) is 17.6 Å². The van der Waals surface area contributed by atoms with Crippen LogP contribution in [-0.4, -0.2) is 55.3 Å². The molecule has 0 saturated carbocycles. The molecule has 0 radical (unpaired) electrons. The molecule has 1 fully saturated rings. The molecule has 0 aromatic heterocycles. The summed E-state index contributed by atoms with van der Waals surface area (Å²) < 4.78 is 55.9. The van der Waals surface area contributed by atoms with Crippen LogP contribution in [0.4, 0.5) is 17.6 Å². The number of piperazine rings is 1. The maximum absolute atomic E-state index is 13.3. The second-order valence-electron chi connectivity index (χ2n) is 5.67. The van der Waals surface area contributed by atoms with E-state index in [1.165, 1.54) is 12.1 Å². The van der Waals surface area contributed by atoms with Gasteiger partial charge in [-0.3, -0.25) is 4.90 Å². The summed E-state index contributed by atoms with van der Waals surface area (Å²) in [6.45, 7) is 2.89. The van der Waals surface area contributed by atoms with Crippen molar-refractivity contribution in [2.24, 2.45) is 0 Å². The lowest BCUT2D eigenvalue weighted by atomic mass is 9.98. The molecule has 0 unspecified atom stereocenters. The summed E-state index contributed by atoms with van der Waals surface area (Å²) in [5.41, 5.74) is 0.438. The fraction of sp³-hybridized carbons (Fsp3) is 0.625. The molecule has 8 heteroatoms. The number of rotatable bonds is 8. The molecule has 2 N–H and O–H groups in total. The summed E-state index contributed by atoms with van der Waals surface area (Å²) >= 11 is 0. The van der Waals surface area contributed by atoms with Crippen molar-refractivity contribution in [3.05, 3.63) is 29.8 Å². The molecule has 1 atom stereocenters. The molecule has 136 valence electrons. The van der Waals surface area contributed by atoms with Gasteiger partial charge in [-0.1, -0.05) is 18.2 Å². The maximum Gasteiger partial charge on any atom is 0.461 e.